The fourth-order valence-corrected chi connectivity index (χ4v) is 3.26. The van der Waals surface area contributed by atoms with Gasteiger partial charge in [0.2, 0.25) is 0 Å². The van der Waals surface area contributed by atoms with Crippen LogP contribution in [0.1, 0.15) is 40.0 Å². The second-order valence-electron chi connectivity index (χ2n) is 6.13. The predicted octanol–water partition coefficient (Wildman–Crippen LogP) is 3.27. The Morgan fingerprint density at radius 3 is 2.68 bits per heavy atom. The van der Waals surface area contributed by atoms with Gasteiger partial charge in [0.1, 0.15) is 5.65 Å². The van der Waals surface area contributed by atoms with E-state index < -0.39 is 5.97 Å². The Labute approximate surface area is 143 Å². The van der Waals surface area contributed by atoms with Crippen LogP contribution in [-0.4, -0.2) is 20.5 Å². The number of rotatable bonds is 2. The summed E-state index contributed by atoms with van der Waals surface area (Å²) >= 11 is 0. The lowest BCUT2D eigenvalue weighted by atomic mass is 9.91. The first kappa shape index (κ1) is 15.3. The number of aromatic carboxylic acids is 1. The van der Waals surface area contributed by atoms with E-state index in [0.29, 0.717) is 17.6 Å². The van der Waals surface area contributed by atoms with Crippen molar-refractivity contribution < 1.29 is 9.90 Å². The molecule has 1 aliphatic rings. The number of fused-ring (bicyclic) bond motifs is 2. The molecule has 0 aliphatic heterocycles. The van der Waals surface area contributed by atoms with Crippen molar-refractivity contribution in [3.05, 3.63) is 81.4 Å². The Bertz CT molecular complexity index is 1070. The van der Waals surface area contributed by atoms with Crippen LogP contribution in [0.4, 0.5) is 0 Å². The molecule has 0 bridgehead atoms. The molecular weight excluding hydrogens is 316 g/mol. The van der Waals surface area contributed by atoms with Crippen LogP contribution in [0.5, 0.6) is 0 Å². The Hall–Kier alpha value is -3.21. The third-order valence-electron chi connectivity index (χ3n) is 4.48. The van der Waals surface area contributed by atoms with Gasteiger partial charge < -0.3 is 5.11 Å². The maximum Gasteiger partial charge on any atom is 0.337 e. The van der Waals surface area contributed by atoms with Gasteiger partial charge in [-0.15, -0.1) is 0 Å². The highest BCUT2D eigenvalue weighted by atomic mass is 16.4. The summed E-state index contributed by atoms with van der Waals surface area (Å²) in [7, 11) is 0. The second-order valence-corrected chi connectivity index (χ2v) is 6.13. The number of allylic oxidation sites excluding steroid dienone is 1. The van der Waals surface area contributed by atoms with E-state index in [1.807, 2.05) is 30.3 Å². The molecule has 0 atom stereocenters. The Morgan fingerprint density at radius 2 is 1.92 bits per heavy atom. The van der Waals surface area contributed by atoms with Gasteiger partial charge in [-0.05, 0) is 48.6 Å². The van der Waals surface area contributed by atoms with E-state index in [1.54, 1.807) is 6.07 Å². The van der Waals surface area contributed by atoms with Crippen molar-refractivity contribution in [2.75, 3.05) is 0 Å². The number of carbonyl (C=O) groups is 1. The van der Waals surface area contributed by atoms with Crippen molar-refractivity contribution in [1.82, 2.24) is 9.38 Å². The van der Waals surface area contributed by atoms with Crippen LogP contribution in [0.25, 0.3) is 17.3 Å². The van der Waals surface area contributed by atoms with Gasteiger partial charge in [-0.1, -0.05) is 30.3 Å². The van der Waals surface area contributed by atoms with Gasteiger partial charge in [-0.2, -0.15) is 0 Å². The smallest absolute Gasteiger partial charge is 0.337 e. The summed E-state index contributed by atoms with van der Waals surface area (Å²) in [6, 6.07) is 13.0. The first-order chi connectivity index (χ1) is 12.1. The average molecular weight is 332 g/mol. The van der Waals surface area contributed by atoms with E-state index in [4.69, 9.17) is 5.11 Å². The summed E-state index contributed by atoms with van der Waals surface area (Å²) in [5, 5.41) is 9.13. The van der Waals surface area contributed by atoms with Crippen LogP contribution >= 0.6 is 0 Å². The van der Waals surface area contributed by atoms with Gasteiger partial charge in [0, 0.05) is 11.8 Å². The van der Waals surface area contributed by atoms with Crippen molar-refractivity contribution in [2.24, 2.45) is 0 Å². The summed E-state index contributed by atoms with van der Waals surface area (Å²) in [6.45, 7) is 0. The number of benzene rings is 1. The highest BCUT2D eigenvalue weighted by molar-refractivity contribution is 5.88. The number of aromatic nitrogens is 2. The molecule has 0 radical (unpaired) electrons. The fourth-order valence-electron chi connectivity index (χ4n) is 3.26. The molecule has 124 valence electrons. The molecular formula is C20H16N2O3. The topological polar surface area (TPSA) is 71.7 Å². The van der Waals surface area contributed by atoms with Crippen LogP contribution in [0.2, 0.25) is 0 Å². The first-order valence-electron chi connectivity index (χ1n) is 8.18. The number of pyridine rings is 1. The van der Waals surface area contributed by atoms with Gasteiger partial charge in [0.15, 0.2) is 0 Å². The Kier molecular flexibility index (Phi) is 3.69. The molecule has 5 heteroatoms. The fraction of sp³-hybridized carbons (Fsp3) is 0.150. The summed E-state index contributed by atoms with van der Waals surface area (Å²) in [6.07, 6.45) is 5.84. The summed E-state index contributed by atoms with van der Waals surface area (Å²) in [5.74, 6) is -1.06. The molecule has 0 saturated heterocycles. The first-order valence-corrected chi connectivity index (χ1v) is 8.18. The van der Waals surface area contributed by atoms with E-state index in [2.05, 4.69) is 11.1 Å². The third-order valence-corrected chi connectivity index (χ3v) is 4.48. The molecule has 1 aliphatic carbocycles. The van der Waals surface area contributed by atoms with E-state index in [9.17, 15) is 9.59 Å². The zero-order valence-electron chi connectivity index (χ0n) is 13.5. The lowest BCUT2D eigenvalue weighted by Crippen LogP contribution is -2.25. The number of hydrogen-bond acceptors (Lipinski definition) is 3. The molecule has 5 nitrogen and oxygen atoms in total. The third kappa shape index (κ3) is 2.74. The van der Waals surface area contributed by atoms with Crippen molar-refractivity contribution >= 4 is 23.3 Å². The highest BCUT2D eigenvalue weighted by Crippen LogP contribution is 2.29. The van der Waals surface area contributed by atoms with Crippen LogP contribution in [0.15, 0.2) is 53.5 Å². The van der Waals surface area contributed by atoms with Crippen LogP contribution in [0, 0.1) is 0 Å². The summed E-state index contributed by atoms with van der Waals surface area (Å²) in [4.78, 5) is 28.7. The van der Waals surface area contributed by atoms with E-state index in [1.165, 1.54) is 16.7 Å². The van der Waals surface area contributed by atoms with Gasteiger partial charge in [-0.25, -0.2) is 9.78 Å². The molecule has 0 amide bonds. The van der Waals surface area contributed by atoms with Crippen molar-refractivity contribution in [1.29, 1.82) is 0 Å². The molecule has 25 heavy (non-hydrogen) atoms. The maximum atomic E-state index is 12.8. The predicted molar refractivity (Wildman–Crippen MR) is 95.7 cm³/mol. The standard InChI is InChI=1S/C20H16N2O3/c23-19-16-8-4-7-14(11-13-5-2-1-3-6-13)18(16)21-17-10-9-15(20(24)25)12-22(17)19/h1-3,5-6,9-12H,4,7-8H2,(H,24,25). The molecule has 4 rings (SSSR count). The van der Waals surface area contributed by atoms with Crippen LogP contribution in [0.3, 0.4) is 0 Å². The quantitative estimate of drug-likeness (QED) is 0.782. The lowest BCUT2D eigenvalue weighted by Gasteiger charge is -2.18. The van der Waals surface area contributed by atoms with Crippen molar-refractivity contribution in [2.45, 2.75) is 19.3 Å². The highest BCUT2D eigenvalue weighted by Gasteiger charge is 2.21. The average Bonchev–Trinajstić information content (AvgIpc) is 2.63. The molecule has 1 N–H and O–H groups in total. The molecule has 0 spiro atoms. The molecule has 0 saturated carbocycles. The van der Waals surface area contributed by atoms with Crippen LogP contribution < -0.4 is 5.56 Å². The maximum absolute atomic E-state index is 12.8. The zero-order valence-corrected chi connectivity index (χ0v) is 13.5. The molecule has 2 aromatic heterocycles. The molecule has 1 aromatic carbocycles. The lowest BCUT2D eigenvalue weighted by molar-refractivity contribution is 0.0696. The SMILES string of the molecule is O=C(O)c1ccc2nc3c(c(=O)n2c1)CCCC3=Cc1ccccc1. The van der Waals surface area contributed by atoms with Gasteiger partial charge in [0.25, 0.3) is 5.56 Å². The largest absolute Gasteiger partial charge is 0.478 e. The number of carboxylic acids is 1. The molecule has 2 heterocycles. The minimum atomic E-state index is -1.06. The van der Waals surface area contributed by atoms with E-state index in [-0.39, 0.29) is 11.1 Å². The Balaban J connectivity index is 1.92. The van der Waals surface area contributed by atoms with Gasteiger partial charge >= 0.3 is 5.97 Å². The molecule has 0 fully saturated rings. The van der Waals surface area contributed by atoms with E-state index >= 15 is 0 Å². The van der Waals surface area contributed by atoms with E-state index in [0.717, 1.165) is 29.7 Å². The van der Waals surface area contributed by atoms with Crippen molar-refractivity contribution in [3.63, 3.8) is 0 Å². The number of hydrogen-bond donors (Lipinski definition) is 1. The monoisotopic (exact) mass is 332 g/mol. The van der Waals surface area contributed by atoms with Gasteiger partial charge in [-0.3, -0.25) is 9.20 Å². The molecule has 3 aromatic rings. The van der Waals surface area contributed by atoms with Crippen molar-refractivity contribution in [3.8, 4) is 0 Å². The zero-order chi connectivity index (χ0) is 17.4. The minimum Gasteiger partial charge on any atom is -0.478 e. The number of nitrogens with zero attached hydrogens (tertiary/aromatic N) is 2. The molecule has 0 unspecified atom stereocenters. The van der Waals surface area contributed by atoms with Crippen LogP contribution in [-0.2, 0) is 6.42 Å². The minimum absolute atomic E-state index is 0.0761. The number of carboxylic acid groups (broad SMARTS) is 1. The summed E-state index contributed by atoms with van der Waals surface area (Å²) in [5.41, 5.74) is 3.89. The Morgan fingerprint density at radius 1 is 1.12 bits per heavy atom. The summed E-state index contributed by atoms with van der Waals surface area (Å²) < 4.78 is 1.34. The normalized spacial score (nSPS) is 15.3. The van der Waals surface area contributed by atoms with Gasteiger partial charge in [0.05, 0.1) is 11.3 Å². The second kappa shape index (κ2) is 6.02.